The minimum atomic E-state index is -0.493. The zero-order valence-corrected chi connectivity index (χ0v) is 9.21. The van der Waals surface area contributed by atoms with Crippen LogP contribution in [0.5, 0.6) is 0 Å². The van der Waals surface area contributed by atoms with Crippen molar-refractivity contribution in [2.45, 2.75) is 38.6 Å². The van der Waals surface area contributed by atoms with Crippen LogP contribution in [0.4, 0.5) is 0 Å². The Morgan fingerprint density at radius 2 is 2.33 bits per heavy atom. The Morgan fingerprint density at radius 1 is 1.60 bits per heavy atom. The third kappa shape index (κ3) is 3.38. The van der Waals surface area contributed by atoms with Crippen molar-refractivity contribution in [3.05, 3.63) is 11.6 Å². The molecular formula is C11H17NO3. The molecule has 4 heteroatoms. The summed E-state index contributed by atoms with van der Waals surface area (Å²) in [5.41, 5.74) is 1.26. The van der Waals surface area contributed by atoms with Gasteiger partial charge in [-0.05, 0) is 26.2 Å². The summed E-state index contributed by atoms with van der Waals surface area (Å²) in [4.78, 5) is 22.2. The fraction of sp³-hybridized carbons (Fsp3) is 0.636. The number of allylic oxidation sites excluding steroid dienone is 1. The number of carbonyl (C=O) groups is 2. The molecule has 0 aliphatic heterocycles. The van der Waals surface area contributed by atoms with Crippen LogP contribution in [0.3, 0.4) is 0 Å². The van der Waals surface area contributed by atoms with Crippen molar-refractivity contribution >= 4 is 11.9 Å². The molecule has 4 nitrogen and oxygen atoms in total. The van der Waals surface area contributed by atoms with E-state index in [1.165, 1.54) is 12.7 Å². The number of hydrogen-bond donors (Lipinski definition) is 1. The first-order valence-corrected chi connectivity index (χ1v) is 5.18. The first kappa shape index (κ1) is 11.8. The minimum Gasteiger partial charge on any atom is -0.469 e. The Bertz CT molecular complexity index is 284. The van der Waals surface area contributed by atoms with Crippen molar-refractivity contribution < 1.29 is 14.3 Å². The third-order valence-electron chi connectivity index (χ3n) is 2.64. The lowest BCUT2D eigenvalue weighted by molar-refractivity contribution is -0.143. The van der Waals surface area contributed by atoms with Crippen molar-refractivity contribution in [1.29, 1.82) is 0 Å². The molecule has 0 radical (unpaired) electrons. The Hall–Kier alpha value is -1.32. The van der Waals surface area contributed by atoms with Gasteiger partial charge in [-0.3, -0.25) is 9.59 Å². The van der Waals surface area contributed by atoms with Crippen molar-refractivity contribution in [2.24, 2.45) is 0 Å². The van der Waals surface area contributed by atoms with Gasteiger partial charge < -0.3 is 10.1 Å². The van der Waals surface area contributed by atoms with E-state index in [2.05, 4.69) is 10.1 Å². The molecule has 1 rings (SSSR count). The van der Waals surface area contributed by atoms with E-state index in [9.17, 15) is 9.59 Å². The molecule has 0 aromatic rings. The summed E-state index contributed by atoms with van der Waals surface area (Å²) in [5, 5.41) is 2.84. The van der Waals surface area contributed by atoms with Gasteiger partial charge in [0.2, 0.25) is 5.91 Å². The molecule has 1 atom stereocenters. The lowest BCUT2D eigenvalue weighted by atomic mass is 10.1. The van der Waals surface area contributed by atoms with Gasteiger partial charge in [-0.15, -0.1) is 0 Å². The van der Waals surface area contributed by atoms with Crippen molar-refractivity contribution in [2.75, 3.05) is 7.11 Å². The number of amides is 1. The molecule has 1 N–H and O–H groups in total. The van der Waals surface area contributed by atoms with Gasteiger partial charge in [0.25, 0.3) is 0 Å². The van der Waals surface area contributed by atoms with E-state index in [0.29, 0.717) is 0 Å². The molecule has 1 unspecified atom stereocenters. The van der Waals surface area contributed by atoms with Gasteiger partial charge >= 0.3 is 5.97 Å². The van der Waals surface area contributed by atoms with Crippen molar-refractivity contribution in [3.8, 4) is 0 Å². The Kier molecular flexibility index (Phi) is 4.34. The van der Waals surface area contributed by atoms with Gasteiger partial charge in [0.1, 0.15) is 6.42 Å². The first-order valence-electron chi connectivity index (χ1n) is 5.18. The van der Waals surface area contributed by atoms with E-state index in [1.54, 1.807) is 0 Å². The predicted molar refractivity (Wildman–Crippen MR) is 56.2 cm³/mol. The topological polar surface area (TPSA) is 55.4 Å². The van der Waals surface area contributed by atoms with Crippen LogP contribution in [0.25, 0.3) is 0 Å². The number of nitrogens with one attached hydrogen (secondary N) is 1. The van der Waals surface area contributed by atoms with Gasteiger partial charge in [0, 0.05) is 0 Å². The summed E-state index contributed by atoms with van der Waals surface area (Å²) in [7, 11) is 1.28. The Morgan fingerprint density at radius 3 is 2.93 bits per heavy atom. The number of carbonyl (C=O) groups excluding carboxylic acids is 2. The van der Waals surface area contributed by atoms with E-state index in [0.717, 1.165) is 19.3 Å². The number of rotatable bonds is 3. The average Bonchev–Trinajstić information content (AvgIpc) is 2.64. The summed E-state index contributed by atoms with van der Waals surface area (Å²) in [5.74, 6) is -0.749. The molecule has 0 saturated heterocycles. The largest absolute Gasteiger partial charge is 0.469 e. The standard InChI is InChI=1S/C11H17NO3/c1-3-8-5-4-6-9(8)12-10(13)7-11(14)15-2/h3,9H,4-7H2,1-2H3,(H,12,13)/b8-3+. The highest BCUT2D eigenvalue weighted by atomic mass is 16.5. The molecule has 1 saturated carbocycles. The maximum Gasteiger partial charge on any atom is 0.315 e. The second-order valence-electron chi connectivity index (χ2n) is 3.63. The summed E-state index contributed by atoms with van der Waals surface area (Å²) in [6.45, 7) is 1.97. The number of ether oxygens (including phenoxy) is 1. The highest BCUT2D eigenvalue weighted by molar-refractivity contribution is 5.94. The van der Waals surface area contributed by atoms with Crippen molar-refractivity contribution in [1.82, 2.24) is 5.32 Å². The summed E-state index contributed by atoms with van der Waals surface area (Å²) in [6, 6.07) is 0.118. The van der Waals surface area contributed by atoms with Crippen LogP contribution in [0.1, 0.15) is 32.6 Å². The van der Waals surface area contributed by atoms with Crippen LogP contribution in [-0.2, 0) is 14.3 Å². The van der Waals surface area contributed by atoms with Crippen molar-refractivity contribution in [3.63, 3.8) is 0 Å². The van der Waals surface area contributed by atoms with E-state index in [-0.39, 0.29) is 18.4 Å². The summed E-state index contributed by atoms with van der Waals surface area (Å²) >= 11 is 0. The molecular weight excluding hydrogens is 194 g/mol. The van der Waals surface area contributed by atoms with Gasteiger partial charge in [0.15, 0.2) is 0 Å². The zero-order valence-electron chi connectivity index (χ0n) is 9.21. The molecule has 1 amide bonds. The van der Waals surface area contributed by atoms with E-state index >= 15 is 0 Å². The molecule has 0 heterocycles. The third-order valence-corrected chi connectivity index (χ3v) is 2.64. The SMILES string of the molecule is C/C=C1\CCCC1NC(=O)CC(=O)OC. The molecule has 0 bridgehead atoms. The smallest absolute Gasteiger partial charge is 0.315 e. The molecule has 0 aromatic heterocycles. The van der Waals surface area contributed by atoms with Gasteiger partial charge in [-0.1, -0.05) is 11.6 Å². The average molecular weight is 211 g/mol. The molecule has 1 aliphatic rings. The van der Waals surface area contributed by atoms with Gasteiger partial charge in [-0.2, -0.15) is 0 Å². The number of esters is 1. The molecule has 1 aliphatic carbocycles. The maximum absolute atomic E-state index is 11.4. The molecule has 15 heavy (non-hydrogen) atoms. The Balaban J connectivity index is 2.41. The number of hydrogen-bond acceptors (Lipinski definition) is 3. The van der Waals surface area contributed by atoms with Crippen LogP contribution in [0.15, 0.2) is 11.6 Å². The maximum atomic E-state index is 11.4. The zero-order chi connectivity index (χ0) is 11.3. The minimum absolute atomic E-state index is 0.118. The van der Waals surface area contributed by atoms with Gasteiger partial charge in [0.05, 0.1) is 13.2 Å². The summed E-state index contributed by atoms with van der Waals surface area (Å²) < 4.78 is 4.42. The van der Waals surface area contributed by atoms with Crippen LogP contribution in [-0.4, -0.2) is 25.0 Å². The fourth-order valence-corrected chi connectivity index (χ4v) is 1.83. The molecule has 84 valence electrons. The lowest BCUT2D eigenvalue weighted by Crippen LogP contribution is -2.35. The van der Waals surface area contributed by atoms with Crippen LogP contribution >= 0.6 is 0 Å². The molecule has 1 fully saturated rings. The quantitative estimate of drug-likeness (QED) is 0.433. The first-order chi connectivity index (χ1) is 7.17. The summed E-state index contributed by atoms with van der Waals surface area (Å²) in [6.07, 6.45) is 4.95. The lowest BCUT2D eigenvalue weighted by Gasteiger charge is -2.13. The normalized spacial score (nSPS) is 22.8. The predicted octanol–water partition coefficient (Wildman–Crippen LogP) is 1.16. The number of methoxy groups -OCH3 is 1. The van der Waals surface area contributed by atoms with Crippen LogP contribution in [0, 0.1) is 0 Å². The Labute approximate surface area is 89.7 Å². The fourth-order valence-electron chi connectivity index (χ4n) is 1.83. The highest BCUT2D eigenvalue weighted by Crippen LogP contribution is 2.24. The van der Waals surface area contributed by atoms with Crippen LogP contribution < -0.4 is 5.32 Å². The monoisotopic (exact) mass is 211 g/mol. The molecule has 0 spiro atoms. The van der Waals surface area contributed by atoms with E-state index in [1.807, 2.05) is 13.0 Å². The second-order valence-corrected chi connectivity index (χ2v) is 3.63. The van der Waals surface area contributed by atoms with E-state index < -0.39 is 5.97 Å². The van der Waals surface area contributed by atoms with E-state index in [4.69, 9.17) is 0 Å². The van der Waals surface area contributed by atoms with Gasteiger partial charge in [-0.25, -0.2) is 0 Å². The molecule has 0 aromatic carbocycles. The second kappa shape index (κ2) is 5.53. The highest BCUT2D eigenvalue weighted by Gasteiger charge is 2.22. The van der Waals surface area contributed by atoms with Crippen LogP contribution in [0.2, 0.25) is 0 Å².